The van der Waals surface area contributed by atoms with Gasteiger partial charge in [0.15, 0.2) is 0 Å². The van der Waals surface area contributed by atoms with Gasteiger partial charge in [-0.05, 0) is 37.0 Å². The maximum atomic E-state index is 5.77. The normalized spacial score (nSPS) is 10.9. The van der Waals surface area contributed by atoms with Gasteiger partial charge in [0.1, 0.15) is 11.6 Å². The largest absolute Gasteiger partial charge is 0.430 e. The van der Waals surface area contributed by atoms with Crippen LogP contribution in [0.25, 0.3) is 0 Å². The van der Waals surface area contributed by atoms with E-state index in [1.54, 1.807) is 0 Å². The van der Waals surface area contributed by atoms with Crippen LogP contribution >= 0.6 is 11.5 Å². The smallest absolute Gasteiger partial charge is 0.298 e. The molecule has 0 spiro atoms. The van der Waals surface area contributed by atoms with Crippen molar-refractivity contribution in [3.8, 4) is 10.9 Å². The number of aromatic nitrogens is 2. The maximum Gasteiger partial charge on any atom is 0.298 e. The molecule has 1 aromatic carbocycles. The van der Waals surface area contributed by atoms with E-state index in [9.17, 15) is 0 Å². The molecule has 0 fully saturated rings. The van der Waals surface area contributed by atoms with E-state index in [4.69, 9.17) is 4.74 Å². The highest BCUT2D eigenvalue weighted by molar-refractivity contribution is 7.07. The Morgan fingerprint density at radius 2 is 2.00 bits per heavy atom. The zero-order valence-corrected chi connectivity index (χ0v) is 11.3. The van der Waals surface area contributed by atoms with Gasteiger partial charge in [-0.3, -0.25) is 0 Å². The van der Waals surface area contributed by atoms with E-state index in [0.29, 0.717) is 11.1 Å². The minimum atomic E-state index is 0.495. The molecule has 0 atom stereocenters. The monoisotopic (exact) mass is 248 g/mol. The van der Waals surface area contributed by atoms with Crippen molar-refractivity contribution in [1.82, 2.24) is 9.36 Å². The predicted octanol–water partition coefficient (Wildman–Crippen LogP) is 4.07. The Hall–Kier alpha value is -1.42. The van der Waals surface area contributed by atoms with Crippen LogP contribution in [0.15, 0.2) is 18.2 Å². The van der Waals surface area contributed by atoms with Gasteiger partial charge in [-0.25, -0.2) is 0 Å². The Balaban J connectivity index is 2.28. The van der Waals surface area contributed by atoms with Crippen molar-refractivity contribution < 1.29 is 4.74 Å². The Morgan fingerprint density at radius 1 is 1.24 bits per heavy atom. The number of aryl methyl sites for hydroxylation is 2. The second-order valence-electron chi connectivity index (χ2n) is 4.39. The molecule has 0 saturated carbocycles. The molecule has 3 nitrogen and oxygen atoms in total. The highest BCUT2D eigenvalue weighted by Gasteiger charge is 2.08. The van der Waals surface area contributed by atoms with Crippen LogP contribution in [0.2, 0.25) is 0 Å². The van der Waals surface area contributed by atoms with E-state index in [0.717, 1.165) is 17.1 Å². The Morgan fingerprint density at radius 3 is 2.59 bits per heavy atom. The lowest BCUT2D eigenvalue weighted by Crippen LogP contribution is -1.92. The fourth-order valence-electron chi connectivity index (χ4n) is 1.50. The van der Waals surface area contributed by atoms with Gasteiger partial charge in [0, 0.05) is 11.5 Å². The van der Waals surface area contributed by atoms with E-state index in [-0.39, 0.29) is 0 Å². The van der Waals surface area contributed by atoms with Gasteiger partial charge in [0.2, 0.25) is 0 Å². The van der Waals surface area contributed by atoms with Crippen molar-refractivity contribution in [3.05, 3.63) is 35.2 Å². The number of benzene rings is 1. The summed E-state index contributed by atoms with van der Waals surface area (Å²) in [5.74, 6) is 2.11. The van der Waals surface area contributed by atoms with Crippen LogP contribution in [0, 0.1) is 13.8 Å². The second-order valence-corrected chi connectivity index (χ2v) is 5.10. The fraction of sp³-hybridized carbons (Fsp3) is 0.385. The number of ether oxygens (including phenoxy) is 1. The van der Waals surface area contributed by atoms with E-state index in [1.165, 1.54) is 17.1 Å². The SMILES string of the molecule is Cc1nsc(Oc2cc(C(C)C)ccc2C)n1. The van der Waals surface area contributed by atoms with Crippen LogP contribution in [0.3, 0.4) is 0 Å². The first kappa shape index (κ1) is 12.0. The van der Waals surface area contributed by atoms with Crippen molar-refractivity contribution in [2.24, 2.45) is 0 Å². The van der Waals surface area contributed by atoms with Crippen LogP contribution in [0.1, 0.15) is 36.7 Å². The van der Waals surface area contributed by atoms with Gasteiger partial charge in [-0.15, -0.1) is 0 Å². The average Bonchev–Trinajstić information content (AvgIpc) is 2.67. The average molecular weight is 248 g/mol. The zero-order valence-electron chi connectivity index (χ0n) is 10.5. The summed E-state index contributed by atoms with van der Waals surface area (Å²) in [5.41, 5.74) is 2.38. The minimum absolute atomic E-state index is 0.495. The topological polar surface area (TPSA) is 35.0 Å². The fourth-order valence-corrected chi connectivity index (χ4v) is 2.05. The van der Waals surface area contributed by atoms with Crippen molar-refractivity contribution >= 4 is 11.5 Å². The molecule has 0 aliphatic carbocycles. The van der Waals surface area contributed by atoms with Crippen LogP contribution < -0.4 is 4.74 Å². The van der Waals surface area contributed by atoms with Crippen molar-refractivity contribution in [2.45, 2.75) is 33.6 Å². The predicted molar refractivity (Wildman–Crippen MR) is 70.0 cm³/mol. The molecule has 0 unspecified atom stereocenters. The van der Waals surface area contributed by atoms with Crippen LogP contribution in [-0.2, 0) is 0 Å². The summed E-state index contributed by atoms with van der Waals surface area (Å²) in [4.78, 5) is 4.21. The molecule has 4 heteroatoms. The number of rotatable bonds is 3. The molecule has 0 saturated heterocycles. The van der Waals surface area contributed by atoms with Crippen LogP contribution in [0.5, 0.6) is 10.9 Å². The molecule has 17 heavy (non-hydrogen) atoms. The second kappa shape index (κ2) is 4.84. The van der Waals surface area contributed by atoms with E-state index in [2.05, 4.69) is 41.4 Å². The molecular weight excluding hydrogens is 232 g/mol. The molecule has 1 aromatic heterocycles. The third-order valence-corrected chi connectivity index (χ3v) is 3.27. The van der Waals surface area contributed by atoms with Gasteiger partial charge in [-0.1, -0.05) is 26.0 Å². The van der Waals surface area contributed by atoms with E-state index >= 15 is 0 Å². The quantitative estimate of drug-likeness (QED) is 0.821. The van der Waals surface area contributed by atoms with Gasteiger partial charge in [-0.2, -0.15) is 9.36 Å². The molecule has 0 bridgehead atoms. The zero-order chi connectivity index (χ0) is 12.4. The number of nitrogens with zero attached hydrogens (tertiary/aromatic N) is 2. The van der Waals surface area contributed by atoms with E-state index in [1.807, 2.05) is 13.8 Å². The standard InChI is InChI=1S/C13H16N2OS/c1-8(2)11-6-5-9(3)12(7-11)16-13-14-10(4)15-17-13/h5-8H,1-4H3. The van der Waals surface area contributed by atoms with Gasteiger partial charge in [0.25, 0.3) is 5.19 Å². The summed E-state index contributed by atoms with van der Waals surface area (Å²) in [5, 5.41) is 0.603. The number of hydrogen-bond donors (Lipinski definition) is 0. The summed E-state index contributed by atoms with van der Waals surface area (Å²) in [6.07, 6.45) is 0. The molecule has 1 heterocycles. The molecular formula is C13H16N2OS. The molecule has 0 radical (unpaired) electrons. The Kier molecular flexibility index (Phi) is 3.43. The molecule has 90 valence electrons. The maximum absolute atomic E-state index is 5.77. The Bertz CT molecular complexity index is 520. The molecule has 0 N–H and O–H groups in total. The third-order valence-electron chi connectivity index (χ3n) is 2.59. The molecule has 0 aliphatic rings. The molecule has 2 aromatic rings. The third kappa shape index (κ3) is 2.82. The number of hydrogen-bond acceptors (Lipinski definition) is 4. The van der Waals surface area contributed by atoms with Crippen molar-refractivity contribution in [1.29, 1.82) is 0 Å². The van der Waals surface area contributed by atoms with Gasteiger partial charge >= 0.3 is 0 Å². The molecule has 0 aliphatic heterocycles. The van der Waals surface area contributed by atoms with Crippen molar-refractivity contribution in [3.63, 3.8) is 0 Å². The van der Waals surface area contributed by atoms with Gasteiger partial charge < -0.3 is 4.74 Å². The summed E-state index contributed by atoms with van der Waals surface area (Å²) >= 11 is 1.28. The highest BCUT2D eigenvalue weighted by atomic mass is 32.1. The molecule has 0 amide bonds. The summed E-state index contributed by atoms with van der Waals surface area (Å²) in [6, 6.07) is 6.30. The van der Waals surface area contributed by atoms with E-state index < -0.39 is 0 Å². The first-order chi connectivity index (χ1) is 8.06. The van der Waals surface area contributed by atoms with Crippen molar-refractivity contribution in [2.75, 3.05) is 0 Å². The lowest BCUT2D eigenvalue weighted by Gasteiger charge is -2.10. The summed E-state index contributed by atoms with van der Waals surface area (Å²) in [7, 11) is 0. The lowest BCUT2D eigenvalue weighted by molar-refractivity contribution is 0.473. The van der Waals surface area contributed by atoms with Crippen LogP contribution in [0.4, 0.5) is 0 Å². The first-order valence-electron chi connectivity index (χ1n) is 5.65. The van der Waals surface area contributed by atoms with Gasteiger partial charge in [0.05, 0.1) is 0 Å². The summed E-state index contributed by atoms with van der Waals surface area (Å²) < 4.78 is 9.87. The minimum Gasteiger partial charge on any atom is -0.430 e. The highest BCUT2D eigenvalue weighted by Crippen LogP contribution is 2.29. The summed E-state index contributed by atoms with van der Waals surface area (Å²) in [6.45, 7) is 8.24. The Labute approximate surface area is 106 Å². The first-order valence-corrected chi connectivity index (χ1v) is 6.42. The lowest BCUT2D eigenvalue weighted by atomic mass is 10.0. The molecule has 2 rings (SSSR count). The van der Waals surface area contributed by atoms with Crippen LogP contribution in [-0.4, -0.2) is 9.36 Å².